The van der Waals surface area contributed by atoms with Crippen LogP contribution < -0.4 is 16.8 Å². The molecule has 5 N–H and O–H groups in total. The van der Waals surface area contributed by atoms with E-state index in [0.717, 1.165) is 30.8 Å². The Kier molecular flexibility index (Phi) is 6.58. The van der Waals surface area contributed by atoms with E-state index in [4.69, 9.17) is 23.1 Å². The normalized spacial score (nSPS) is 12.3. The lowest BCUT2D eigenvalue weighted by Crippen LogP contribution is -2.26. The summed E-state index contributed by atoms with van der Waals surface area (Å²) < 4.78 is 0. The Balaban J connectivity index is 1.64. The first-order valence-electron chi connectivity index (χ1n) is 7.42. The van der Waals surface area contributed by atoms with Gasteiger partial charge in [-0.15, -0.1) is 0 Å². The van der Waals surface area contributed by atoms with Crippen LogP contribution in [0, 0.1) is 0 Å². The summed E-state index contributed by atoms with van der Waals surface area (Å²) in [4.78, 5) is 8.50. The minimum absolute atomic E-state index is 0.0671. The molecule has 118 valence electrons. The average Bonchev–Trinajstić information content (AvgIpc) is 2.51. The molecule has 0 aliphatic rings. The van der Waals surface area contributed by atoms with Gasteiger partial charge >= 0.3 is 0 Å². The highest BCUT2D eigenvalue weighted by molar-refractivity contribution is 6.31. The number of nitrogens with one attached hydrogen (secondary N) is 1. The zero-order valence-electron chi connectivity index (χ0n) is 12.5. The zero-order chi connectivity index (χ0) is 15.8. The van der Waals surface area contributed by atoms with Gasteiger partial charge in [-0.2, -0.15) is 0 Å². The summed E-state index contributed by atoms with van der Waals surface area (Å²) in [5, 5.41) is 4.02. The van der Waals surface area contributed by atoms with Gasteiger partial charge in [-0.25, -0.2) is 0 Å². The molecule has 0 radical (unpaired) electrons. The van der Waals surface area contributed by atoms with Crippen LogP contribution in [0.1, 0.15) is 24.2 Å². The molecule has 0 aromatic carbocycles. The van der Waals surface area contributed by atoms with E-state index in [0.29, 0.717) is 23.7 Å². The Morgan fingerprint density at radius 1 is 1.14 bits per heavy atom. The summed E-state index contributed by atoms with van der Waals surface area (Å²) in [6.45, 7) is 1.54. The lowest BCUT2D eigenvalue weighted by atomic mass is 10.1. The van der Waals surface area contributed by atoms with Gasteiger partial charge in [0.2, 0.25) is 0 Å². The molecule has 2 rings (SSSR count). The lowest BCUT2D eigenvalue weighted by Gasteiger charge is -2.12. The van der Waals surface area contributed by atoms with Gasteiger partial charge in [-0.1, -0.05) is 11.6 Å². The first-order chi connectivity index (χ1) is 10.7. The second kappa shape index (κ2) is 8.68. The zero-order valence-corrected chi connectivity index (χ0v) is 13.3. The van der Waals surface area contributed by atoms with Gasteiger partial charge in [0.1, 0.15) is 0 Å². The Hall–Kier alpha value is -1.69. The third-order valence-corrected chi connectivity index (χ3v) is 3.78. The maximum atomic E-state index is 6.14. The maximum absolute atomic E-state index is 6.14. The van der Waals surface area contributed by atoms with Crippen LogP contribution in [0.4, 0.5) is 5.69 Å². The fourth-order valence-electron chi connectivity index (χ4n) is 2.22. The van der Waals surface area contributed by atoms with Crippen molar-refractivity contribution in [1.29, 1.82) is 0 Å². The van der Waals surface area contributed by atoms with Crippen molar-refractivity contribution in [1.82, 2.24) is 15.3 Å². The molecule has 0 saturated carbocycles. The molecule has 22 heavy (non-hydrogen) atoms. The average molecular weight is 320 g/mol. The molecule has 1 unspecified atom stereocenters. The first-order valence-corrected chi connectivity index (χ1v) is 7.79. The van der Waals surface area contributed by atoms with Gasteiger partial charge in [0.05, 0.1) is 22.1 Å². The van der Waals surface area contributed by atoms with Crippen LogP contribution in [0.2, 0.25) is 5.02 Å². The summed E-state index contributed by atoms with van der Waals surface area (Å²) in [7, 11) is 0. The minimum atomic E-state index is 0.0671. The van der Waals surface area contributed by atoms with Crippen molar-refractivity contribution in [3.05, 3.63) is 53.1 Å². The van der Waals surface area contributed by atoms with Gasteiger partial charge in [0.15, 0.2) is 0 Å². The Morgan fingerprint density at radius 3 is 2.59 bits per heavy atom. The van der Waals surface area contributed by atoms with E-state index in [9.17, 15) is 0 Å². The number of aromatic nitrogens is 2. The highest BCUT2D eigenvalue weighted by Gasteiger charge is 2.07. The third kappa shape index (κ3) is 5.26. The fourth-order valence-corrected chi connectivity index (χ4v) is 2.40. The lowest BCUT2D eigenvalue weighted by molar-refractivity contribution is 0.542. The van der Waals surface area contributed by atoms with Crippen LogP contribution in [-0.4, -0.2) is 22.6 Å². The van der Waals surface area contributed by atoms with Crippen molar-refractivity contribution in [3.8, 4) is 0 Å². The molecule has 2 aromatic rings. The van der Waals surface area contributed by atoms with E-state index in [1.54, 1.807) is 12.4 Å². The number of hydrogen-bond donors (Lipinski definition) is 3. The van der Waals surface area contributed by atoms with Crippen LogP contribution in [-0.2, 0) is 13.0 Å². The maximum Gasteiger partial charge on any atom is 0.0727 e. The minimum Gasteiger partial charge on any atom is -0.397 e. The predicted molar refractivity (Wildman–Crippen MR) is 90.5 cm³/mol. The van der Waals surface area contributed by atoms with Crippen LogP contribution in [0.5, 0.6) is 0 Å². The standard InChI is InChI=1S/C16H22ClN5/c17-13-5-2-8-22-16(13)11-20-7-1-4-12(18)10-15-14(19)6-3-9-21-15/h2-3,5-6,8-9,12,20H,1,4,7,10-11,18-19H2. The van der Waals surface area contributed by atoms with Crippen LogP contribution in [0.25, 0.3) is 0 Å². The van der Waals surface area contributed by atoms with Crippen LogP contribution in [0.3, 0.4) is 0 Å². The Labute approximate surface area is 136 Å². The van der Waals surface area contributed by atoms with Crippen LogP contribution in [0.15, 0.2) is 36.7 Å². The van der Waals surface area contributed by atoms with E-state index < -0.39 is 0 Å². The Bertz CT molecular complexity index is 590. The highest BCUT2D eigenvalue weighted by Crippen LogP contribution is 2.12. The molecule has 0 aliphatic carbocycles. The predicted octanol–water partition coefficient (Wildman–Crippen LogP) is 2.15. The Morgan fingerprint density at radius 2 is 1.86 bits per heavy atom. The summed E-state index contributed by atoms with van der Waals surface area (Å²) in [6.07, 6.45) is 6.10. The molecule has 5 nitrogen and oxygen atoms in total. The number of nitrogen functional groups attached to an aromatic ring is 1. The van der Waals surface area contributed by atoms with Crippen molar-refractivity contribution >= 4 is 17.3 Å². The van der Waals surface area contributed by atoms with Gasteiger partial charge in [-0.05, 0) is 43.7 Å². The first kappa shape index (κ1) is 16.7. The summed E-state index contributed by atoms with van der Waals surface area (Å²) >= 11 is 6.05. The number of halogens is 1. The quantitative estimate of drug-likeness (QED) is 0.649. The molecule has 0 saturated heterocycles. The summed E-state index contributed by atoms with van der Waals surface area (Å²) in [5.74, 6) is 0. The molecule has 0 aliphatic heterocycles. The monoisotopic (exact) mass is 319 g/mol. The molecule has 2 heterocycles. The molecule has 0 bridgehead atoms. The van der Waals surface area contributed by atoms with Gasteiger partial charge < -0.3 is 16.8 Å². The van der Waals surface area contributed by atoms with E-state index in [1.807, 2.05) is 24.3 Å². The number of hydrogen-bond acceptors (Lipinski definition) is 5. The SMILES string of the molecule is Nc1cccnc1CC(N)CCCNCc1ncccc1Cl. The van der Waals surface area contributed by atoms with E-state index in [1.165, 1.54) is 0 Å². The van der Waals surface area contributed by atoms with Crippen LogP contribution >= 0.6 is 11.6 Å². The smallest absolute Gasteiger partial charge is 0.0727 e. The van der Waals surface area contributed by atoms with Crippen molar-refractivity contribution in [3.63, 3.8) is 0 Å². The number of nitrogens with zero attached hydrogens (tertiary/aromatic N) is 2. The largest absolute Gasteiger partial charge is 0.397 e. The van der Waals surface area contributed by atoms with E-state index >= 15 is 0 Å². The highest BCUT2D eigenvalue weighted by atomic mass is 35.5. The number of nitrogens with two attached hydrogens (primary N) is 2. The van der Waals surface area contributed by atoms with Crippen molar-refractivity contribution < 1.29 is 0 Å². The second-order valence-electron chi connectivity index (χ2n) is 5.25. The molecular weight excluding hydrogens is 298 g/mol. The van der Waals surface area contributed by atoms with Gasteiger partial charge in [-0.3, -0.25) is 9.97 Å². The van der Waals surface area contributed by atoms with Crippen molar-refractivity contribution in [2.24, 2.45) is 5.73 Å². The molecular formula is C16H22ClN5. The van der Waals surface area contributed by atoms with E-state index in [2.05, 4.69) is 15.3 Å². The van der Waals surface area contributed by atoms with E-state index in [-0.39, 0.29) is 6.04 Å². The number of pyridine rings is 2. The fraction of sp³-hybridized carbons (Fsp3) is 0.375. The molecule has 6 heteroatoms. The van der Waals surface area contributed by atoms with Crippen molar-refractivity contribution in [2.45, 2.75) is 31.8 Å². The summed E-state index contributed by atoms with van der Waals surface area (Å²) in [5.41, 5.74) is 14.5. The molecule has 0 spiro atoms. The molecule has 0 fully saturated rings. The topological polar surface area (TPSA) is 89.8 Å². The molecule has 1 atom stereocenters. The van der Waals surface area contributed by atoms with Crippen molar-refractivity contribution in [2.75, 3.05) is 12.3 Å². The summed E-state index contributed by atoms with van der Waals surface area (Å²) in [6, 6.07) is 7.43. The number of anilines is 1. The molecule has 0 amide bonds. The molecule has 2 aromatic heterocycles. The number of rotatable bonds is 8. The van der Waals surface area contributed by atoms with Gasteiger partial charge in [0.25, 0.3) is 0 Å². The third-order valence-electron chi connectivity index (χ3n) is 3.44. The second-order valence-corrected chi connectivity index (χ2v) is 5.66. The van der Waals surface area contributed by atoms with Gasteiger partial charge in [0, 0.05) is 31.4 Å².